The summed E-state index contributed by atoms with van der Waals surface area (Å²) in [5.74, 6) is -6.06. The third kappa shape index (κ3) is 18.2. The summed E-state index contributed by atoms with van der Waals surface area (Å²) in [5.41, 5.74) is 7.13. The fourth-order valence-corrected chi connectivity index (χ4v) is 12.1. The molecule has 2 aromatic carbocycles. The molecule has 3 saturated carbocycles. The fourth-order valence-electron chi connectivity index (χ4n) is 12.1. The first-order valence-electron chi connectivity index (χ1n) is 32.9. The number of likely N-dealkylation sites (N-methyl/N-ethyl adjacent to an activating group) is 4. The van der Waals surface area contributed by atoms with Crippen molar-refractivity contribution >= 4 is 47.5 Å². The Labute approximate surface area is 536 Å². The second-order valence-electron chi connectivity index (χ2n) is 27.8. The molecule has 8 rings (SSSR count). The number of hydrogen-bond acceptors (Lipinski definition) is 15. The van der Waals surface area contributed by atoms with Gasteiger partial charge in [-0.15, -0.1) is 0 Å². The maximum absolute atomic E-state index is 15.2. The Morgan fingerprint density at radius 2 is 0.736 bits per heavy atom. The zero-order valence-corrected chi connectivity index (χ0v) is 56.0. The summed E-state index contributed by atoms with van der Waals surface area (Å²) in [7, 11) is 5.62. The number of cyclic esters (lactones) is 4. The maximum atomic E-state index is 15.2. The van der Waals surface area contributed by atoms with Gasteiger partial charge in [-0.05, 0) is 136 Å². The molecule has 4 aromatic rings. The van der Waals surface area contributed by atoms with Crippen LogP contribution >= 0.6 is 0 Å². The average Bonchev–Trinajstić information content (AvgIpc) is 1.71. The van der Waals surface area contributed by atoms with Gasteiger partial charge in [-0.2, -0.15) is 10.2 Å². The minimum atomic E-state index is -1.56. The second-order valence-corrected chi connectivity index (χ2v) is 27.8. The summed E-state index contributed by atoms with van der Waals surface area (Å²) >= 11 is 0. The van der Waals surface area contributed by atoms with Crippen LogP contribution in [-0.4, -0.2) is 169 Å². The van der Waals surface area contributed by atoms with Crippen LogP contribution in [-0.2, 0) is 89.8 Å². The van der Waals surface area contributed by atoms with Gasteiger partial charge < -0.3 is 43.7 Å². The molecule has 1 aliphatic heterocycles. The monoisotopic (exact) mass is 1260 g/mol. The first kappa shape index (κ1) is 69.5. The Balaban J connectivity index is 1.12. The first-order chi connectivity index (χ1) is 43.1. The maximum Gasteiger partial charge on any atom is 0.329 e. The van der Waals surface area contributed by atoms with Crippen LogP contribution in [0.5, 0.6) is 0 Å². The van der Waals surface area contributed by atoms with E-state index in [1.807, 2.05) is 115 Å². The number of aliphatic hydroxyl groups is 1. The highest BCUT2D eigenvalue weighted by atomic mass is 16.6. The number of aliphatic hydroxyl groups excluding tert-OH is 1. The predicted molar refractivity (Wildman–Crippen MR) is 340 cm³/mol. The topological polar surface area (TPSA) is 242 Å². The number of hydrogen-bond donors (Lipinski definition) is 1. The number of nitrogens with zero attached hydrogens (tertiary/aromatic N) is 8. The number of amides is 4. The van der Waals surface area contributed by atoms with E-state index in [-0.39, 0.29) is 68.8 Å². The van der Waals surface area contributed by atoms with Crippen LogP contribution in [0.4, 0.5) is 0 Å². The van der Waals surface area contributed by atoms with E-state index in [1.54, 1.807) is 0 Å². The van der Waals surface area contributed by atoms with Crippen LogP contribution in [0.1, 0.15) is 196 Å². The van der Waals surface area contributed by atoms with Gasteiger partial charge in [0.05, 0.1) is 31.1 Å². The Hall–Kier alpha value is -7.42. The zero-order chi connectivity index (χ0) is 66.3. The van der Waals surface area contributed by atoms with Crippen LogP contribution < -0.4 is 0 Å². The van der Waals surface area contributed by atoms with Crippen LogP contribution in [0.2, 0.25) is 0 Å². The number of carbonyl (C=O) groups excluding carboxylic acids is 8. The van der Waals surface area contributed by atoms with Gasteiger partial charge in [0.1, 0.15) is 24.2 Å². The summed E-state index contributed by atoms with van der Waals surface area (Å²) in [6.45, 7) is 18.4. The van der Waals surface area contributed by atoms with Crippen molar-refractivity contribution in [2.75, 3.05) is 28.2 Å². The lowest BCUT2D eigenvalue weighted by Crippen LogP contribution is -2.55. The second kappa shape index (κ2) is 30.3. The van der Waals surface area contributed by atoms with E-state index in [1.165, 1.54) is 57.5 Å². The lowest BCUT2D eigenvalue weighted by Gasteiger charge is -2.35. The molecule has 4 aliphatic rings. The molecule has 8 atom stereocenters. The Morgan fingerprint density at radius 3 is 1.07 bits per heavy atom. The highest BCUT2D eigenvalue weighted by Crippen LogP contribution is 2.45. The zero-order valence-electron chi connectivity index (χ0n) is 56.0. The molecule has 21 nitrogen and oxygen atoms in total. The van der Waals surface area contributed by atoms with Crippen molar-refractivity contribution in [3.63, 3.8) is 0 Å². The Bertz CT molecular complexity index is 3200. The van der Waals surface area contributed by atoms with Crippen LogP contribution in [0, 0.1) is 23.7 Å². The highest BCUT2D eigenvalue weighted by molar-refractivity contribution is 5.94. The third-order valence-electron chi connectivity index (χ3n) is 17.9. The van der Waals surface area contributed by atoms with Crippen molar-refractivity contribution in [2.24, 2.45) is 23.7 Å². The molecule has 0 spiro atoms. The highest BCUT2D eigenvalue weighted by Gasteiger charge is 2.43. The van der Waals surface area contributed by atoms with Crippen molar-refractivity contribution in [3.8, 4) is 0 Å². The van der Waals surface area contributed by atoms with E-state index in [9.17, 15) is 33.9 Å². The van der Waals surface area contributed by atoms with Gasteiger partial charge in [0.2, 0.25) is 0 Å². The predicted octanol–water partition coefficient (Wildman–Crippen LogP) is 8.28. The molecule has 1 N–H and O–H groups in total. The Morgan fingerprint density at radius 1 is 0.429 bits per heavy atom. The molecule has 4 fully saturated rings. The number of benzene rings is 2. The van der Waals surface area contributed by atoms with Crippen molar-refractivity contribution in [2.45, 2.75) is 232 Å². The summed E-state index contributed by atoms with van der Waals surface area (Å²) in [6.07, 6.45) is 0.620. The normalized spacial score (nSPS) is 24.4. The molecule has 0 bridgehead atoms. The summed E-state index contributed by atoms with van der Waals surface area (Å²) in [4.78, 5) is 123. The van der Waals surface area contributed by atoms with Gasteiger partial charge >= 0.3 is 23.9 Å². The van der Waals surface area contributed by atoms with Gasteiger partial charge in [-0.3, -0.25) is 28.5 Å². The fraction of sp³-hybridized carbons (Fsp3) is 0.629. The largest absolute Gasteiger partial charge is 0.451 e. The molecule has 3 aliphatic carbocycles. The van der Waals surface area contributed by atoms with Crippen molar-refractivity contribution in [3.05, 3.63) is 106 Å². The van der Waals surface area contributed by atoms with Crippen molar-refractivity contribution < 1.29 is 62.4 Å². The van der Waals surface area contributed by atoms with Crippen LogP contribution in [0.3, 0.4) is 0 Å². The quantitative estimate of drug-likeness (QED) is 0.0647. The smallest absolute Gasteiger partial charge is 0.329 e. The van der Waals surface area contributed by atoms with E-state index in [4.69, 9.17) is 24.0 Å². The third-order valence-corrected chi connectivity index (χ3v) is 17.9. The van der Waals surface area contributed by atoms with E-state index < -0.39 is 96.1 Å². The lowest BCUT2D eigenvalue weighted by atomic mass is 9.99. The van der Waals surface area contributed by atoms with E-state index in [0.29, 0.717) is 47.7 Å². The Kier molecular flexibility index (Phi) is 23.2. The van der Waals surface area contributed by atoms with Gasteiger partial charge in [0.25, 0.3) is 23.6 Å². The molecule has 4 amide bonds. The number of rotatable bonds is 20. The molecule has 496 valence electrons. The van der Waals surface area contributed by atoms with Gasteiger partial charge in [0, 0.05) is 70.2 Å². The van der Waals surface area contributed by atoms with Crippen molar-refractivity contribution in [1.82, 2.24) is 39.2 Å². The summed E-state index contributed by atoms with van der Waals surface area (Å²) in [5, 5.41) is 19.5. The molecule has 21 heteroatoms. The van der Waals surface area contributed by atoms with E-state index >= 15 is 9.59 Å². The molecule has 1 saturated heterocycles. The van der Waals surface area contributed by atoms with Crippen LogP contribution in [0.25, 0.3) is 0 Å². The minimum Gasteiger partial charge on any atom is -0.451 e. The molecule has 0 radical (unpaired) electrons. The van der Waals surface area contributed by atoms with E-state index in [0.717, 1.165) is 70.8 Å². The molecule has 91 heavy (non-hydrogen) atoms. The molecular formula is C70H98N8O13. The summed E-state index contributed by atoms with van der Waals surface area (Å²) < 4.78 is 28.5. The lowest BCUT2D eigenvalue weighted by molar-refractivity contribution is -0.176. The first-order valence-corrected chi connectivity index (χ1v) is 32.9. The molecular weight excluding hydrogens is 1160 g/mol. The molecule has 0 unspecified atom stereocenters. The van der Waals surface area contributed by atoms with Gasteiger partial charge in [-0.25, -0.2) is 19.2 Å². The van der Waals surface area contributed by atoms with Crippen LogP contribution in [0.15, 0.2) is 60.7 Å². The number of carbonyl (C=O) groups is 8. The molecule has 2 aromatic heterocycles. The SMILES string of the molecule is CC(C)C[C@H]1C(=O)O[C@H](Cc2ccc(Cn3nc(C4CC4)cc3C3CC3)cc2)C(=O)N(C)[C@@H](CC(C)C)C(=O)O[C@H](C)C(=O)N(C)[C@@H](CC(C)C)C(=O)O[C@H](Cc2ccc(Cn3nc(CO)cc3C3CC3)cc2)C(=O)N(C)[C@@H](CC(C)C)C(=O)O[C@H](C)C(=O)N1C. The number of esters is 4. The number of ether oxygens (including phenoxy) is 4. The van der Waals surface area contributed by atoms with Gasteiger partial charge in [0.15, 0.2) is 24.4 Å². The molecule has 3 heterocycles. The van der Waals surface area contributed by atoms with Gasteiger partial charge in [-0.1, -0.05) is 104 Å². The van der Waals surface area contributed by atoms with Crippen molar-refractivity contribution in [1.29, 1.82) is 0 Å². The van der Waals surface area contributed by atoms with E-state index in [2.05, 4.69) is 15.8 Å². The minimum absolute atomic E-state index is 0.0745. The number of aromatic nitrogens is 4. The summed E-state index contributed by atoms with van der Waals surface area (Å²) in [6, 6.07) is 14.0. The average molecular weight is 1260 g/mol. The standard InChI is InChI=1S/C70H98N8O13/c1-40(2)29-57-67(84)88-45(10)64(81)74(12)60(32-43(7)8)70(87)91-62(34-47-17-21-49(22-18-47)38-78-56(52-27-28-52)36-54(72-78)50-23-24-50)66(83)76(14)58(30-41(3)4)68(85)89-44(9)63(80)73(11)59(31-42(5)6)69(86)90-61(65(82)75(57)13)33-46-15-19-48(20-16-46)37-77-55(51-25-26-51)35-53(39-79)71-77/h15-22,35-36,40-45,50-52,57-62,79H,23-34,37-39H2,1-14H3/t44-,45-,57+,58+,59+,60+,61-,62-/m1/s1.